The monoisotopic (exact) mass is 320 g/mol. The molecular formula is C14H20N6O3. The van der Waals surface area contributed by atoms with Crippen molar-refractivity contribution in [1.29, 1.82) is 0 Å². The zero-order valence-electron chi connectivity index (χ0n) is 13.9. The van der Waals surface area contributed by atoms with E-state index in [4.69, 9.17) is 0 Å². The van der Waals surface area contributed by atoms with Gasteiger partial charge >= 0.3 is 5.69 Å². The van der Waals surface area contributed by atoms with Crippen molar-refractivity contribution in [3.63, 3.8) is 0 Å². The first kappa shape index (κ1) is 16.7. The third-order valence-electron chi connectivity index (χ3n) is 3.94. The molecule has 0 aromatic carbocycles. The van der Waals surface area contributed by atoms with Crippen molar-refractivity contribution < 1.29 is 9.72 Å². The van der Waals surface area contributed by atoms with Crippen LogP contribution in [-0.2, 0) is 24.9 Å². The van der Waals surface area contributed by atoms with E-state index in [1.807, 2.05) is 20.9 Å². The molecule has 124 valence electrons. The van der Waals surface area contributed by atoms with Crippen LogP contribution in [0.15, 0.2) is 0 Å². The van der Waals surface area contributed by atoms with Gasteiger partial charge in [-0.05, 0) is 27.7 Å². The average Bonchev–Trinajstić information content (AvgIpc) is 2.85. The van der Waals surface area contributed by atoms with E-state index in [0.29, 0.717) is 17.9 Å². The number of nitro groups is 1. The summed E-state index contributed by atoms with van der Waals surface area (Å²) < 4.78 is 3.12. The highest BCUT2D eigenvalue weighted by Crippen LogP contribution is 2.21. The highest BCUT2D eigenvalue weighted by molar-refractivity contribution is 5.75. The number of nitrogens with zero attached hydrogens (tertiary/aromatic N) is 5. The van der Waals surface area contributed by atoms with Gasteiger partial charge in [-0.25, -0.2) is 0 Å². The van der Waals surface area contributed by atoms with Gasteiger partial charge in [-0.2, -0.15) is 10.2 Å². The molecule has 0 spiro atoms. The number of rotatable bonds is 5. The molecule has 2 rings (SSSR count). The summed E-state index contributed by atoms with van der Waals surface area (Å²) in [5, 5.41) is 22.1. The van der Waals surface area contributed by atoms with Crippen molar-refractivity contribution >= 4 is 11.6 Å². The fraction of sp³-hybridized carbons (Fsp3) is 0.500. The lowest BCUT2D eigenvalue weighted by atomic mass is 10.2. The minimum atomic E-state index is -0.478. The van der Waals surface area contributed by atoms with Gasteiger partial charge in [0.15, 0.2) is 0 Å². The van der Waals surface area contributed by atoms with E-state index >= 15 is 0 Å². The standard InChI is InChI=1S/C14H20N6O3/c1-8-12(10(3)18(5)16-8)6-15-13(21)7-19-11(4)14(20(22)23)9(2)17-19/h6-7H2,1-5H3,(H,15,21). The predicted octanol–water partition coefficient (Wildman–Crippen LogP) is 1.07. The third kappa shape index (κ3) is 3.22. The lowest BCUT2D eigenvalue weighted by Crippen LogP contribution is -2.28. The lowest BCUT2D eigenvalue weighted by Gasteiger charge is -2.07. The predicted molar refractivity (Wildman–Crippen MR) is 82.9 cm³/mol. The molecule has 0 unspecified atom stereocenters. The molecule has 0 atom stereocenters. The maximum absolute atomic E-state index is 12.1. The molecule has 23 heavy (non-hydrogen) atoms. The highest BCUT2D eigenvalue weighted by Gasteiger charge is 2.22. The van der Waals surface area contributed by atoms with Gasteiger partial charge in [0, 0.05) is 24.8 Å². The maximum atomic E-state index is 12.1. The van der Waals surface area contributed by atoms with Crippen LogP contribution in [0.3, 0.4) is 0 Å². The number of hydrogen-bond acceptors (Lipinski definition) is 5. The molecule has 0 radical (unpaired) electrons. The van der Waals surface area contributed by atoms with Crippen molar-refractivity contribution in [3.05, 3.63) is 38.5 Å². The van der Waals surface area contributed by atoms with Crippen molar-refractivity contribution in [2.45, 2.75) is 40.8 Å². The Bertz CT molecular complexity index is 774. The van der Waals surface area contributed by atoms with Gasteiger partial charge in [-0.3, -0.25) is 24.3 Å². The second kappa shape index (κ2) is 6.19. The Morgan fingerprint density at radius 1 is 1.17 bits per heavy atom. The van der Waals surface area contributed by atoms with Crippen LogP contribution < -0.4 is 5.32 Å². The number of aromatic nitrogens is 4. The van der Waals surface area contributed by atoms with Gasteiger partial charge < -0.3 is 5.32 Å². The molecule has 0 aliphatic heterocycles. The third-order valence-corrected chi connectivity index (χ3v) is 3.94. The zero-order valence-corrected chi connectivity index (χ0v) is 13.9. The molecule has 1 N–H and O–H groups in total. The van der Waals surface area contributed by atoms with E-state index in [0.717, 1.165) is 17.0 Å². The van der Waals surface area contributed by atoms with Crippen LogP contribution in [0.2, 0.25) is 0 Å². The minimum absolute atomic E-state index is 0.0447. The SMILES string of the molecule is Cc1nn(C)c(C)c1CNC(=O)Cn1nc(C)c([N+](=O)[O-])c1C. The molecule has 9 nitrogen and oxygen atoms in total. The summed E-state index contributed by atoms with van der Waals surface area (Å²) in [7, 11) is 1.85. The van der Waals surface area contributed by atoms with Crippen LogP contribution in [0.5, 0.6) is 0 Å². The summed E-state index contributed by atoms with van der Waals surface area (Å²) in [6, 6.07) is 0. The molecule has 1 amide bonds. The van der Waals surface area contributed by atoms with Crippen LogP contribution in [0.4, 0.5) is 5.69 Å². The smallest absolute Gasteiger partial charge is 0.312 e. The van der Waals surface area contributed by atoms with E-state index in [1.54, 1.807) is 18.5 Å². The van der Waals surface area contributed by atoms with Crippen LogP contribution >= 0.6 is 0 Å². The number of amides is 1. The summed E-state index contributed by atoms with van der Waals surface area (Å²) in [6.45, 7) is 7.28. The second-order valence-corrected chi connectivity index (χ2v) is 5.48. The molecule has 0 fully saturated rings. The zero-order chi connectivity index (χ0) is 17.3. The largest absolute Gasteiger partial charge is 0.350 e. The van der Waals surface area contributed by atoms with Gasteiger partial charge in [0.25, 0.3) is 0 Å². The first-order valence-corrected chi connectivity index (χ1v) is 7.16. The normalized spacial score (nSPS) is 10.8. The van der Waals surface area contributed by atoms with Crippen LogP contribution in [0.25, 0.3) is 0 Å². The highest BCUT2D eigenvalue weighted by atomic mass is 16.6. The van der Waals surface area contributed by atoms with Gasteiger partial charge in [0.2, 0.25) is 5.91 Å². The van der Waals surface area contributed by atoms with Crippen LogP contribution in [-0.4, -0.2) is 30.4 Å². The first-order chi connectivity index (χ1) is 10.7. The summed E-state index contributed by atoms with van der Waals surface area (Å²) in [4.78, 5) is 22.6. The van der Waals surface area contributed by atoms with Crippen molar-refractivity contribution in [1.82, 2.24) is 24.9 Å². The molecule has 9 heteroatoms. The summed E-state index contributed by atoms with van der Waals surface area (Å²) >= 11 is 0. The van der Waals surface area contributed by atoms with Crippen LogP contribution in [0.1, 0.15) is 28.3 Å². The molecule has 0 bridgehead atoms. The molecule has 0 aliphatic rings. The van der Waals surface area contributed by atoms with Crippen molar-refractivity contribution in [2.24, 2.45) is 7.05 Å². The van der Waals surface area contributed by atoms with E-state index in [2.05, 4.69) is 15.5 Å². The van der Waals surface area contributed by atoms with Crippen LogP contribution in [0, 0.1) is 37.8 Å². The lowest BCUT2D eigenvalue weighted by molar-refractivity contribution is -0.386. The molecule has 2 heterocycles. The van der Waals surface area contributed by atoms with Gasteiger partial charge in [-0.15, -0.1) is 0 Å². The minimum Gasteiger partial charge on any atom is -0.350 e. The first-order valence-electron chi connectivity index (χ1n) is 7.16. The fourth-order valence-electron chi connectivity index (χ4n) is 2.56. The van der Waals surface area contributed by atoms with Gasteiger partial charge in [0.05, 0.1) is 10.6 Å². The topological polar surface area (TPSA) is 108 Å². The van der Waals surface area contributed by atoms with Gasteiger partial charge in [0.1, 0.15) is 17.9 Å². The van der Waals surface area contributed by atoms with E-state index in [9.17, 15) is 14.9 Å². The van der Waals surface area contributed by atoms with Crippen molar-refractivity contribution in [3.8, 4) is 0 Å². The van der Waals surface area contributed by atoms with E-state index in [-0.39, 0.29) is 18.1 Å². The maximum Gasteiger partial charge on any atom is 0.312 e. The number of nitrogens with one attached hydrogen (secondary N) is 1. The molecule has 0 aliphatic carbocycles. The van der Waals surface area contributed by atoms with E-state index < -0.39 is 4.92 Å². The molecule has 0 saturated heterocycles. The Kier molecular flexibility index (Phi) is 4.48. The summed E-state index contributed by atoms with van der Waals surface area (Å²) in [5.74, 6) is -0.256. The second-order valence-electron chi connectivity index (χ2n) is 5.48. The Morgan fingerprint density at radius 2 is 1.83 bits per heavy atom. The Morgan fingerprint density at radius 3 is 2.30 bits per heavy atom. The number of carbonyl (C=O) groups is 1. The Balaban J connectivity index is 2.06. The average molecular weight is 320 g/mol. The quantitative estimate of drug-likeness (QED) is 0.655. The molecule has 2 aromatic rings. The van der Waals surface area contributed by atoms with E-state index in [1.165, 1.54) is 4.68 Å². The van der Waals surface area contributed by atoms with Crippen molar-refractivity contribution in [2.75, 3.05) is 0 Å². The Labute approximate surface area is 133 Å². The summed E-state index contributed by atoms with van der Waals surface area (Å²) in [5.41, 5.74) is 3.46. The number of carbonyl (C=O) groups excluding carboxylic acids is 1. The molecule has 2 aromatic heterocycles. The number of aryl methyl sites for hydroxylation is 3. The Hall–Kier alpha value is -2.71. The van der Waals surface area contributed by atoms with Gasteiger partial charge in [-0.1, -0.05) is 0 Å². The molecular weight excluding hydrogens is 300 g/mol. The molecule has 0 saturated carbocycles. The number of hydrogen-bond donors (Lipinski definition) is 1. The summed E-state index contributed by atoms with van der Waals surface area (Å²) in [6.07, 6.45) is 0. The fourth-order valence-corrected chi connectivity index (χ4v) is 2.56.